The summed E-state index contributed by atoms with van der Waals surface area (Å²) in [4.78, 5) is 14.9. The lowest BCUT2D eigenvalue weighted by molar-refractivity contribution is -0.115. The summed E-state index contributed by atoms with van der Waals surface area (Å²) in [7, 11) is 0. The maximum atomic E-state index is 13.1. The van der Waals surface area contributed by atoms with Crippen molar-refractivity contribution in [3.05, 3.63) is 24.3 Å². The molecule has 1 amide bonds. The summed E-state index contributed by atoms with van der Waals surface area (Å²) in [5.41, 5.74) is 0.174. The van der Waals surface area contributed by atoms with Gasteiger partial charge >= 0.3 is 0 Å². The van der Waals surface area contributed by atoms with E-state index in [1.165, 1.54) is 12.3 Å². The molecular weight excluding hydrogens is 197 g/mol. The molecule has 5 heteroatoms. The highest BCUT2D eigenvalue weighted by Gasteiger charge is 2.21. The van der Waals surface area contributed by atoms with E-state index < -0.39 is 5.82 Å². The van der Waals surface area contributed by atoms with E-state index in [2.05, 4.69) is 15.6 Å². The third-order valence-electron chi connectivity index (χ3n) is 2.18. The Balaban J connectivity index is 1.84. The SMILES string of the molecule is O=C(CNC1CC1)Nc1ccncc1F. The Bertz CT molecular complexity index is 365. The lowest BCUT2D eigenvalue weighted by Gasteiger charge is -2.06. The highest BCUT2D eigenvalue weighted by molar-refractivity contribution is 5.92. The van der Waals surface area contributed by atoms with Crippen LogP contribution in [0.3, 0.4) is 0 Å². The summed E-state index contributed by atoms with van der Waals surface area (Å²) >= 11 is 0. The van der Waals surface area contributed by atoms with Crippen LogP contribution in [0.5, 0.6) is 0 Å². The molecule has 0 radical (unpaired) electrons. The normalized spacial score (nSPS) is 15.0. The van der Waals surface area contributed by atoms with E-state index >= 15 is 0 Å². The highest BCUT2D eigenvalue weighted by atomic mass is 19.1. The van der Waals surface area contributed by atoms with E-state index in [9.17, 15) is 9.18 Å². The molecular formula is C10H12FN3O. The smallest absolute Gasteiger partial charge is 0.238 e. The molecule has 0 saturated heterocycles. The molecule has 1 aromatic heterocycles. The second-order valence-electron chi connectivity index (χ2n) is 3.56. The van der Waals surface area contributed by atoms with Gasteiger partial charge in [0.15, 0.2) is 5.82 Å². The first-order valence-corrected chi connectivity index (χ1v) is 4.88. The number of nitrogens with one attached hydrogen (secondary N) is 2. The molecule has 2 N–H and O–H groups in total. The number of anilines is 1. The molecule has 0 atom stereocenters. The minimum atomic E-state index is -0.516. The quantitative estimate of drug-likeness (QED) is 0.775. The summed E-state index contributed by atoms with van der Waals surface area (Å²) in [6, 6.07) is 1.91. The number of carbonyl (C=O) groups is 1. The van der Waals surface area contributed by atoms with Crippen LogP contribution in [-0.4, -0.2) is 23.5 Å². The van der Waals surface area contributed by atoms with Gasteiger partial charge in [-0.3, -0.25) is 9.78 Å². The number of rotatable bonds is 4. The van der Waals surface area contributed by atoms with Crippen molar-refractivity contribution in [2.75, 3.05) is 11.9 Å². The lowest BCUT2D eigenvalue weighted by Crippen LogP contribution is -2.29. The van der Waals surface area contributed by atoms with Gasteiger partial charge in [-0.2, -0.15) is 0 Å². The van der Waals surface area contributed by atoms with Crippen LogP contribution in [0, 0.1) is 5.82 Å². The Kier molecular flexibility index (Phi) is 2.91. The zero-order valence-electron chi connectivity index (χ0n) is 8.16. The molecule has 0 spiro atoms. The molecule has 80 valence electrons. The number of hydrogen-bond donors (Lipinski definition) is 2. The highest BCUT2D eigenvalue weighted by Crippen LogP contribution is 2.18. The zero-order valence-corrected chi connectivity index (χ0v) is 8.16. The molecule has 1 heterocycles. The number of nitrogens with zero attached hydrogens (tertiary/aromatic N) is 1. The van der Waals surface area contributed by atoms with Gasteiger partial charge in [0.05, 0.1) is 18.4 Å². The van der Waals surface area contributed by atoms with Gasteiger partial charge in [-0.1, -0.05) is 0 Å². The van der Waals surface area contributed by atoms with E-state index in [1.54, 1.807) is 0 Å². The fourth-order valence-electron chi connectivity index (χ4n) is 1.20. The average Bonchev–Trinajstić information content (AvgIpc) is 3.02. The van der Waals surface area contributed by atoms with Crippen LogP contribution in [0.25, 0.3) is 0 Å². The van der Waals surface area contributed by atoms with Gasteiger partial charge in [-0.05, 0) is 18.9 Å². The lowest BCUT2D eigenvalue weighted by atomic mass is 10.4. The van der Waals surface area contributed by atoms with E-state index in [-0.39, 0.29) is 18.1 Å². The first-order chi connectivity index (χ1) is 7.25. The number of pyridine rings is 1. The molecule has 1 saturated carbocycles. The van der Waals surface area contributed by atoms with E-state index in [1.807, 2.05) is 0 Å². The molecule has 0 unspecified atom stereocenters. The fraction of sp³-hybridized carbons (Fsp3) is 0.400. The van der Waals surface area contributed by atoms with Crippen molar-refractivity contribution in [2.24, 2.45) is 0 Å². The number of halogens is 1. The summed E-state index contributed by atoms with van der Waals surface area (Å²) in [5.74, 6) is -0.746. The maximum Gasteiger partial charge on any atom is 0.238 e. The third-order valence-corrected chi connectivity index (χ3v) is 2.18. The number of aromatic nitrogens is 1. The molecule has 15 heavy (non-hydrogen) atoms. The van der Waals surface area contributed by atoms with Crippen molar-refractivity contribution in [3.8, 4) is 0 Å². The molecule has 1 aliphatic carbocycles. The van der Waals surface area contributed by atoms with Crippen LogP contribution in [0.2, 0.25) is 0 Å². The van der Waals surface area contributed by atoms with Crippen LogP contribution < -0.4 is 10.6 Å². The largest absolute Gasteiger partial charge is 0.322 e. The Morgan fingerprint density at radius 1 is 1.60 bits per heavy atom. The Morgan fingerprint density at radius 2 is 2.40 bits per heavy atom. The fourth-order valence-corrected chi connectivity index (χ4v) is 1.20. The zero-order chi connectivity index (χ0) is 10.7. The second kappa shape index (κ2) is 4.35. The minimum absolute atomic E-state index is 0.174. The van der Waals surface area contributed by atoms with Crippen molar-refractivity contribution in [2.45, 2.75) is 18.9 Å². The van der Waals surface area contributed by atoms with Crippen LogP contribution in [0.15, 0.2) is 18.5 Å². The predicted molar refractivity (Wildman–Crippen MR) is 53.8 cm³/mol. The van der Waals surface area contributed by atoms with Gasteiger partial charge in [-0.15, -0.1) is 0 Å². The van der Waals surface area contributed by atoms with Gasteiger partial charge in [-0.25, -0.2) is 4.39 Å². The van der Waals surface area contributed by atoms with E-state index in [0.29, 0.717) is 6.04 Å². The molecule has 1 fully saturated rings. The maximum absolute atomic E-state index is 13.1. The van der Waals surface area contributed by atoms with Crippen LogP contribution >= 0.6 is 0 Å². The molecule has 4 nitrogen and oxygen atoms in total. The van der Waals surface area contributed by atoms with Gasteiger partial charge in [0.25, 0.3) is 0 Å². The average molecular weight is 209 g/mol. The van der Waals surface area contributed by atoms with E-state index in [4.69, 9.17) is 0 Å². The first-order valence-electron chi connectivity index (χ1n) is 4.88. The molecule has 1 aromatic rings. The molecule has 1 aliphatic rings. The third kappa shape index (κ3) is 2.99. The van der Waals surface area contributed by atoms with Crippen molar-refractivity contribution in [1.29, 1.82) is 0 Å². The first kappa shape index (κ1) is 10.0. The topological polar surface area (TPSA) is 54.0 Å². The van der Waals surface area contributed by atoms with Crippen molar-refractivity contribution >= 4 is 11.6 Å². The molecule has 0 aliphatic heterocycles. The Labute approximate surface area is 86.9 Å². The molecule has 2 rings (SSSR count). The van der Waals surface area contributed by atoms with E-state index in [0.717, 1.165) is 19.0 Å². The van der Waals surface area contributed by atoms with Crippen molar-refractivity contribution in [1.82, 2.24) is 10.3 Å². The summed E-state index contributed by atoms with van der Waals surface area (Å²) in [6.45, 7) is 0.229. The summed E-state index contributed by atoms with van der Waals surface area (Å²) < 4.78 is 13.1. The predicted octanol–water partition coefficient (Wildman–Crippen LogP) is 0.911. The van der Waals surface area contributed by atoms with Crippen molar-refractivity contribution < 1.29 is 9.18 Å². The van der Waals surface area contributed by atoms with Crippen LogP contribution in [-0.2, 0) is 4.79 Å². The van der Waals surface area contributed by atoms with Gasteiger partial charge < -0.3 is 10.6 Å². The number of hydrogen-bond acceptors (Lipinski definition) is 3. The van der Waals surface area contributed by atoms with Crippen LogP contribution in [0.1, 0.15) is 12.8 Å². The standard InChI is InChI=1S/C10H12FN3O/c11-8-5-12-4-3-9(8)14-10(15)6-13-7-1-2-7/h3-5,7,13H,1-2,6H2,(H,12,14,15). The second-order valence-corrected chi connectivity index (χ2v) is 3.56. The summed E-state index contributed by atoms with van der Waals surface area (Å²) in [5, 5.41) is 5.52. The molecule has 0 aromatic carbocycles. The summed E-state index contributed by atoms with van der Waals surface area (Å²) in [6.07, 6.45) is 4.75. The number of carbonyl (C=O) groups excluding carboxylic acids is 1. The monoisotopic (exact) mass is 209 g/mol. The minimum Gasteiger partial charge on any atom is -0.322 e. The van der Waals surface area contributed by atoms with Gasteiger partial charge in [0.2, 0.25) is 5.91 Å². The Hall–Kier alpha value is -1.49. The van der Waals surface area contributed by atoms with Gasteiger partial charge in [0.1, 0.15) is 0 Å². The Morgan fingerprint density at radius 3 is 3.07 bits per heavy atom. The van der Waals surface area contributed by atoms with Crippen molar-refractivity contribution in [3.63, 3.8) is 0 Å². The van der Waals surface area contributed by atoms with Crippen LogP contribution in [0.4, 0.5) is 10.1 Å². The molecule has 0 bridgehead atoms. The number of amides is 1. The van der Waals surface area contributed by atoms with Gasteiger partial charge in [0, 0.05) is 12.2 Å².